The van der Waals surface area contributed by atoms with Crippen LogP contribution in [0.1, 0.15) is 38.7 Å². The maximum absolute atomic E-state index is 12.9. The molecule has 35 heavy (non-hydrogen) atoms. The third kappa shape index (κ3) is 4.65. The molecule has 0 amide bonds. The standard InChI is InChI=1S/C25H22N6O3S/c1-14-7-6-10-19-21(14)27-20(28-22(19)32)12-34-23(33)18-9-5-4-8-17(18)13-35-25-29-24-26-15(2)11-16(3)31(24)30-25/h4-11H,12-13H2,1-3H3,(H,27,28,32). The maximum atomic E-state index is 12.9. The number of fused-ring (bicyclic) bond motifs is 2. The Labute approximate surface area is 204 Å². The first-order chi connectivity index (χ1) is 16.9. The third-order valence-electron chi connectivity index (χ3n) is 5.52. The van der Waals surface area contributed by atoms with Crippen LogP contribution in [0.15, 0.2) is 58.5 Å². The van der Waals surface area contributed by atoms with Gasteiger partial charge in [-0.15, -0.1) is 5.10 Å². The highest BCUT2D eigenvalue weighted by atomic mass is 32.2. The van der Waals surface area contributed by atoms with Crippen LogP contribution in [0.3, 0.4) is 0 Å². The molecule has 0 aliphatic rings. The molecule has 0 saturated carbocycles. The quantitative estimate of drug-likeness (QED) is 0.284. The number of hydrogen-bond acceptors (Lipinski definition) is 8. The third-order valence-corrected chi connectivity index (χ3v) is 6.41. The van der Waals surface area contributed by atoms with E-state index in [1.54, 1.807) is 22.7 Å². The summed E-state index contributed by atoms with van der Waals surface area (Å²) < 4.78 is 7.20. The Morgan fingerprint density at radius 1 is 1.06 bits per heavy atom. The molecular weight excluding hydrogens is 464 g/mol. The molecule has 0 radical (unpaired) electrons. The van der Waals surface area contributed by atoms with Gasteiger partial charge in [-0.25, -0.2) is 19.3 Å². The van der Waals surface area contributed by atoms with Crippen LogP contribution in [-0.4, -0.2) is 35.5 Å². The van der Waals surface area contributed by atoms with E-state index in [0.717, 1.165) is 22.5 Å². The Kier molecular flexibility index (Phi) is 6.04. The zero-order valence-corrected chi connectivity index (χ0v) is 20.2. The molecule has 10 heteroatoms. The molecule has 0 bridgehead atoms. The summed E-state index contributed by atoms with van der Waals surface area (Å²) in [5.74, 6) is 0.823. The Hall–Kier alpha value is -4.05. The lowest BCUT2D eigenvalue weighted by molar-refractivity contribution is 0.0461. The summed E-state index contributed by atoms with van der Waals surface area (Å²) in [5, 5.41) is 5.58. The van der Waals surface area contributed by atoms with Crippen molar-refractivity contribution in [3.05, 3.63) is 92.8 Å². The van der Waals surface area contributed by atoms with Gasteiger partial charge in [-0.2, -0.15) is 4.98 Å². The molecule has 176 valence electrons. The number of thioether (sulfide) groups is 1. The summed E-state index contributed by atoms with van der Waals surface area (Å²) in [6.45, 7) is 5.61. The number of ether oxygens (including phenoxy) is 1. The summed E-state index contributed by atoms with van der Waals surface area (Å²) in [4.78, 5) is 41.3. The second-order valence-electron chi connectivity index (χ2n) is 8.15. The molecule has 2 aromatic carbocycles. The minimum Gasteiger partial charge on any atom is -0.454 e. The number of carbonyl (C=O) groups excluding carboxylic acids is 1. The van der Waals surface area contributed by atoms with E-state index in [2.05, 4.69) is 25.0 Å². The van der Waals surface area contributed by atoms with E-state index in [9.17, 15) is 9.59 Å². The Morgan fingerprint density at radius 2 is 1.89 bits per heavy atom. The average molecular weight is 487 g/mol. The molecule has 0 saturated heterocycles. The summed E-state index contributed by atoms with van der Waals surface area (Å²) >= 11 is 1.41. The minimum absolute atomic E-state index is 0.141. The van der Waals surface area contributed by atoms with Crippen molar-refractivity contribution in [2.75, 3.05) is 0 Å². The average Bonchev–Trinajstić information content (AvgIpc) is 3.25. The smallest absolute Gasteiger partial charge is 0.338 e. The number of aromatic amines is 1. The fourth-order valence-corrected chi connectivity index (χ4v) is 4.65. The van der Waals surface area contributed by atoms with Crippen LogP contribution in [0.2, 0.25) is 0 Å². The number of aromatic nitrogens is 6. The van der Waals surface area contributed by atoms with Gasteiger partial charge in [0.2, 0.25) is 5.16 Å². The number of carbonyl (C=O) groups is 1. The zero-order chi connectivity index (χ0) is 24.5. The van der Waals surface area contributed by atoms with E-state index in [4.69, 9.17) is 4.74 Å². The Balaban J connectivity index is 1.31. The number of nitrogens with zero attached hydrogens (tertiary/aromatic N) is 5. The predicted molar refractivity (Wildman–Crippen MR) is 132 cm³/mol. The first-order valence-electron chi connectivity index (χ1n) is 11.0. The molecule has 3 heterocycles. The van der Waals surface area contributed by atoms with Gasteiger partial charge in [-0.3, -0.25) is 4.79 Å². The lowest BCUT2D eigenvalue weighted by Crippen LogP contribution is -2.15. The van der Waals surface area contributed by atoms with Gasteiger partial charge in [0.25, 0.3) is 11.3 Å². The molecule has 5 aromatic rings. The highest BCUT2D eigenvalue weighted by molar-refractivity contribution is 7.98. The molecule has 0 spiro atoms. The number of nitrogens with one attached hydrogen (secondary N) is 1. The summed E-state index contributed by atoms with van der Waals surface area (Å²) in [7, 11) is 0. The predicted octanol–water partition coefficient (Wildman–Crippen LogP) is 3.94. The summed E-state index contributed by atoms with van der Waals surface area (Å²) in [5.41, 5.74) is 4.27. The number of esters is 1. The molecule has 0 atom stereocenters. The number of hydrogen-bond donors (Lipinski definition) is 1. The monoisotopic (exact) mass is 486 g/mol. The first kappa shape index (κ1) is 22.7. The molecule has 0 unspecified atom stereocenters. The maximum Gasteiger partial charge on any atom is 0.338 e. The van der Waals surface area contributed by atoms with Gasteiger partial charge in [-0.1, -0.05) is 42.1 Å². The highest BCUT2D eigenvalue weighted by Crippen LogP contribution is 2.23. The van der Waals surface area contributed by atoms with Gasteiger partial charge in [0.1, 0.15) is 12.4 Å². The first-order valence-corrected chi connectivity index (χ1v) is 11.9. The van der Waals surface area contributed by atoms with Crippen LogP contribution < -0.4 is 5.56 Å². The van der Waals surface area contributed by atoms with Crippen LogP contribution in [0, 0.1) is 20.8 Å². The summed E-state index contributed by atoms with van der Waals surface area (Å²) in [6.07, 6.45) is 0. The number of para-hydroxylation sites is 1. The lowest BCUT2D eigenvalue weighted by atomic mass is 10.1. The molecule has 0 fully saturated rings. The number of H-pyrrole nitrogens is 1. The van der Waals surface area contributed by atoms with Crippen molar-refractivity contribution in [3.8, 4) is 0 Å². The van der Waals surface area contributed by atoms with Gasteiger partial charge < -0.3 is 9.72 Å². The number of rotatable bonds is 6. The van der Waals surface area contributed by atoms with Crippen molar-refractivity contribution < 1.29 is 9.53 Å². The molecular formula is C25H22N6O3S. The van der Waals surface area contributed by atoms with Crippen molar-refractivity contribution in [1.29, 1.82) is 0 Å². The summed E-state index contributed by atoms with van der Waals surface area (Å²) in [6, 6.07) is 14.6. The van der Waals surface area contributed by atoms with E-state index in [-0.39, 0.29) is 12.2 Å². The van der Waals surface area contributed by atoms with Gasteiger partial charge >= 0.3 is 5.97 Å². The fourth-order valence-electron chi connectivity index (χ4n) is 3.83. The van der Waals surface area contributed by atoms with E-state index >= 15 is 0 Å². The van der Waals surface area contributed by atoms with Crippen LogP contribution in [-0.2, 0) is 17.1 Å². The molecule has 9 nitrogen and oxygen atoms in total. The van der Waals surface area contributed by atoms with Crippen molar-refractivity contribution in [2.24, 2.45) is 0 Å². The highest BCUT2D eigenvalue weighted by Gasteiger charge is 2.16. The van der Waals surface area contributed by atoms with Gasteiger partial charge in [0.15, 0.2) is 0 Å². The molecule has 0 aliphatic heterocycles. The van der Waals surface area contributed by atoms with E-state index in [1.807, 2.05) is 51.1 Å². The zero-order valence-electron chi connectivity index (χ0n) is 19.4. The van der Waals surface area contributed by atoms with Crippen molar-refractivity contribution in [3.63, 3.8) is 0 Å². The topological polar surface area (TPSA) is 115 Å². The lowest BCUT2D eigenvalue weighted by Gasteiger charge is -2.09. The van der Waals surface area contributed by atoms with Gasteiger partial charge in [0.05, 0.1) is 16.5 Å². The fraction of sp³-hybridized carbons (Fsp3) is 0.200. The SMILES string of the molecule is Cc1cc(C)n2nc(SCc3ccccc3C(=O)OCc3nc4c(C)cccc4c(=O)[nH]3)nc2n1. The van der Waals surface area contributed by atoms with E-state index < -0.39 is 5.97 Å². The van der Waals surface area contributed by atoms with Crippen LogP contribution in [0.4, 0.5) is 0 Å². The Bertz CT molecular complexity index is 1640. The van der Waals surface area contributed by atoms with Gasteiger partial charge in [0, 0.05) is 17.1 Å². The number of aryl methyl sites for hydroxylation is 3. The minimum atomic E-state index is -0.496. The molecule has 0 aliphatic carbocycles. The Morgan fingerprint density at radius 3 is 2.74 bits per heavy atom. The van der Waals surface area contributed by atoms with Crippen LogP contribution in [0.5, 0.6) is 0 Å². The van der Waals surface area contributed by atoms with Gasteiger partial charge in [-0.05, 0) is 50.1 Å². The van der Waals surface area contributed by atoms with Crippen molar-refractivity contribution in [2.45, 2.75) is 38.3 Å². The number of benzene rings is 2. The second kappa shape index (κ2) is 9.30. The largest absolute Gasteiger partial charge is 0.454 e. The van der Waals surface area contributed by atoms with E-state index in [1.165, 1.54) is 11.8 Å². The van der Waals surface area contributed by atoms with Crippen LogP contribution >= 0.6 is 11.8 Å². The van der Waals surface area contributed by atoms with E-state index in [0.29, 0.717) is 39.0 Å². The molecule has 1 N–H and O–H groups in total. The normalized spacial score (nSPS) is 11.3. The van der Waals surface area contributed by atoms with Crippen molar-refractivity contribution in [1.82, 2.24) is 29.5 Å². The second-order valence-corrected chi connectivity index (χ2v) is 9.09. The van der Waals surface area contributed by atoms with Crippen molar-refractivity contribution >= 4 is 34.4 Å². The molecule has 5 rings (SSSR count). The molecule has 3 aromatic heterocycles. The van der Waals surface area contributed by atoms with Crippen LogP contribution in [0.25, 0.3) is 16.7 Å².